The second-order valence-corrected chi connectivity index (χ2v) is 6.76. The van der Waals surface area contributed by atoms with Gasteiger partial charge in [-0.25, -0.2) is 4.98 Å². The van der Waals surface area contributed by atoms with Crippen molar-refractivity contribution in [3.63, 3.8) is 0 Å². The van der Waals surface area contributed by atoms with E-state index in [-0.39, 0.29) is 11.9 Å². The fraction of sp³-hybridized carbons (Fsp3) is 0.600. The Morgan fingerprint density at radius 1 is 1.36 bits per heavy atom. The first-order chi connectivity index (χ1) is 10.8. The summed E-state index contributed by atoms with van der Waals surface area (Å²) in [4.78, 5) is 22.6. The van der Waals surface area contributed by atoms with E-state index in [1.54, 1.807) is 11.3 Å². The third-order valence-corrected chi connectivity index (χ3v) is 5.25. The summed E-state index contributed by atoms with van der Waals surface area (Å²) in [6.07, 6.45) is 6.14. The van der Waals surface area contributed by atoms with Crippen molar-refractivity contribution in [2.45, 2.75) is 25.4 Å². The van der Waals surface area contributed by atoms with Crippen LogP contribution in [-0.4, -0.2) is 64.0 Å². The number of amides is 1. The number of carbonyl (C=O) groups excluding carboxylic acids is 1. The zero-order chi connectivity index (χ0) is 14.9. The van der Waals surface area contributed by atoms with Gasteiger partial charge in [0.15, 0.2) is 4.96 Å². The van der Waals surface area contributed by atoms with E-state index < -0.39 is 0 Å². The van der Waals surface area contributed by atoms with Gasteiger partial charge in [-0.05, 0) is 19.4 Å². The number of hydrogen-bond donors (Lipinski definition) is 0. The van der Waals surface area contributed by atoms with Crippen LogP contribution in [-0.2, 0) is 16.1 Å². The van der Waals surface area contributed by atoms with Crippen LogP contribution in [0.1, 0.15) is 18.5 Å². The Morgan fingerprint density at radius 3 is 3.05 bits per heavy atom. The number of nitrogens with zero attached hydrogens (tertiary/aromatic N) is 4. The number of hydrogen-bond acceptors (Lipinski definition) is 5. The van der Waals surface area contributed by atoms with Crippen molar-refractivity contribution in [2.75, 3.05) is 32.8 Å². The minimum atomic E-state index is 0.0119. The number of fused-ring (bicyclic) bond motifs is 1. The lowest BCUT2D eigenvalue weighted by molar-refractivity contribution is -0.140. The normalized spacial score (nSPS) is 23.5. The Bertz CT molecular complexity index is 633. The maximum absolute atomic E-state index is 12.7. The van der Waals surface area contributed by atoms with Crippen molar-refractivity contribution in [2.24, 2.45) is 0 Å². The second kappa shape index (κ2) is 5.98. The molecule has 4 heterocycles. The Hall–Kier alpha value is -1.44. The van der Waals surface area contributed by atoms with Crippen molar-refractivity contribution in [3.05, 3.63) is 23.5 Å². The molecule has 1 atom stereocenters. The van der Waals surface area contributed by atoms with E-state index in [4.69, 9.17) is 4.74 Å². The van der Waals surface area contributed by atoms with Crippen LogP contribution in [0.5, 0.6) is 0 Å². The first-order valence-electron chi connectivity index (χ1n) is 7.83. The van der Waals surface area contributed by atoms with Gasteiger partial charge in [-0.2, -0.15) is 0 Å². The average Bonchev–Trinajstić information content (AvgIpc) is 3.23. The molecule has 0 radical (unpaired) electrons. The SMILES string of the molecule is O=C(C1CCCN1Cc1cn2ccsc2n1)N1CCOCC1. The molecule has 0 N–H and O–H groups in total. The first-order valence-corrected chi connectivity index (χ1v) is 8.71. The van der Waals surface area contributed by atoms with Crippen LogP contribution in [0.2, 0.25) is 0 Å². The zero-order valence-corrected chi connectivity index (χ0v) is 13.3. The largest absolute Gasteiger partial charge is 0.378 e. The highest BCUT2D eigenvalue weighted by Crippen LogP contribution is 2.23. The van der Waals surface area contributed by atoms with Crippen molar-refractivity contribution >= 4 is 22.2 Å². The molecule has 7 heteroatoms. The Labute approximate surface area is 133 Å². The molecule has 0 aromatic carbocycles. The van der Waals surface area contributed by atoms with Gasteiger partial charge in [-0.3, -0.25) is 14.1 Å². The van der Waals surface area contributed by atoms with E-state index in [0.717, 1.165) is 49.7 Å². The Kier molecular flexibility index (Phi) is 3.85. The smallest absolute Gasteiger partial charge is 0.240 e. The van der Waals surface area contributed by atoms with Crippen LogP contribution in [0.25, 0.3) is 4.96 Å². The van der Waals surface area contributed by atoms with Gasteiger partial charge in [0.25, 0.3) is 0 Å². The molecular formula is C15H20N4O2S. The summed E-state index contributed by atoms with van der Waals surface area (Å²) in [6, 6.07) is 0.0119. The average molecular weight is 320 g/mol. The first kappa shape index (κ1) is 14.2. The number of morpholine rings is 1. The van der Waals surface area contributed by atoms with Gasteiger partial charge in [0.05, 0.1) is 24.9 Å². The Morgan fingerprint density at radius 2 is 2.23 bits per heavy atom. The minimum Gasteiger partial charge on any atom is -0.378 e. The molecule has 0 saturated carbocycles. The lowest BCUT2D eigenvalue weighted by atomic mass is 10.2. The summed E-state index contributed by atoms with van der Waals surface area (Å²) < 4.78 is 7.39. The molecule has 4 rings (SSSR count). The molecule has 1 amide bonds. The predicted octanol–water partition coefficient (Wildman–Crippen LogP) is 1.22. The summed E-state index contributed by atoms with van der Waals surface area (Å²) in [5.41, 5.74) is 1.05. The summed E-state index contributed by atoms with van der Waals surface area (Å²) >= 11 is 1.64. The lowest BCUT2D eigenvalue weighted by Gasteiger charge is -2.32. The predicted molar refractivity (Wildman–Crippen MR) is 83.9 cm³/mol. The van der Waals surface area contributed by atoms with E-state index in [1.807, 2.05) is 16.5 Å². The minimum absolute atomic E-state index is 0.0119. The highest BCUT2D eigenvalue weighted by atomic mass is 32.1. The summed E-state index contributed by atoms with van der Waals surface area (Å²) in [5.74, 6) is 0.266. The van der Waals surface area contributed by atoms with Crippen molar-refractivity contribution < 1.29 is 9.53 Å². The zero-order valence-electron chi connectivity index (χ0n) is 12.5. The molecule has 2 fully saturated rings. The molecule has 0 bridgehead atoms. The fourth-order valence-electron chi connectivity index (χ4n) is 3.35. The number of aromatic nitrogens is 2. The molecule has 2 aliphatic rings. The highest BCUT2D eigenvalue weighted by molar-refractivity contribution is 7.15. The molecule has 0 spiro atoms. The van der Waals surface area contributed by atoms with Gasteiger partial charge in [0, 0.05) is 37.4 Å². The lowest BCUT2D eigenvalue weighted by Crippen LogP contribution is -2.49. The number of imidazole rings is 1. The van der Waals surface area contributed by atoms with Crippen molar-refractivity contribution in [1.82, 2.24) is 19.2 Å². The van der Waals surface area contributed by atoms with E-state index in [2.05, 4.69) is 20.5 Å². The molecule has 1 unspecified atom stereocenters. The van der Waals surface area contributed by atoms with Crippen LogP contribution in [0.4, 0.5) is 0 Å². The van der Waals surface area contributed by atoms with Crippen molar-refractivity contribution in [1.29, 1.82) is 0 Å². The molecule has 2 aromatic heterocycles. The molecule has 0 aliphatic carbocycles. The number of ether oxygens (including phenoxy) is 1. The van der Waals surface area contributed by atoms with Gasteiger partial charge in [0.1, 0.15) is 0 Å². The number of carbonyl (C=O) groups is 1. The summed E-state index contributed by atoms with van der Waals surface area (Å²) in [7, 11) is 0. The van der Waals surface area contributed by atoms with Crippen molar-refractivity contribution in [3.8, 4) is 0 Å². The number of likely N-dealkylation sites (tertiary alicyclic amines) is 1. The molecule has 22 heavy (non-hydrogen) atoms. The second-order valence-electron chi connectivity index (χ2n) is 5.89. The molecule has 118 valence electrons. The van der Waals surface area contributed by atoms with Crippen LogP contribution in [0.3, 0.4) is 0 Å². The van der Waals surface area contributed by atoms with Crippen LogP contribution >= 0.6 is 11.3 Å². The molecule has 2 aromatic rings. The van der Waals surface area contributed by atoms with E-state index in [0.29, 0.717) is 13.2 Å². The molecular weight excluding hydrogens is 300 g/mol. The van der Waals surface area contributed by atoms with Gasteiger partial charge in [0.2, 0.25) is 5.91 Å². The fourth-order valence-corrected chi connectivity index (χ4v) is 4.07. The number of rotatable bonds is 3. The maximum atomic E-state index is 12.7. The van der Waals surface area contributed by atoms with Crippen LogP contribution in [0.15, 0.2) is 17.8 Å². The highest BCUT2D eigenvalue weighted by Gasteiger charge is 2.34. The van der Waals surface area contributed by atoms with E-state index in [1.165, 1.54) is 0 Å². The van der Waals surface area contributed by atoms with E-state index in [9.17, 15) is 4.79 Å². The molecule has 2 aliphatic heterocycles. The van der Waals surface area contributed by atoms with Crippen LogP contribution in [0, 0.1) is 0 Å². The maximum Gasteiger partial charge on any atom is 0.240 e. The Balaban J connectivity index is 1.46. The summed E-state index contributed by atoms with van der Waals surface area (Å²) in [6.45, 7) is 4.51. The van der Waals surface area contributed by atoms with Crippen LogP contribution < -0.4 is 0 Å². The van der Waals surface area contributed by atoms with Gasteiger partial charge in [-0.1, -0.05) is 0 Å². The monoisotopic (exact) mass is 320 g/mol. The third-order valence-electron chi connectivity index (χ3n) is 4.48. The number of thiazole rings is 1. The quantitative estimate of drug-likeness (QED) is 0.853. The van der Waals surface area contributed by atoms with Gasteiger partial charge < -0.3 is 9.64 Å². The van der Waals surface area contributed by atoms with Gasteiger partial charge in [-0.15, -0.1) is 11.3 Å². The third kappa shape index (κ3) is 2.64. The standard InChI is InChI=1S/C15H20N4O2S/c20-14(17-4-7-21-8-5-17)13-2-1-3-18(13)10-12-11-19-6-9-22-15(19)16-12/h6,9,11,13H,1-5,7-8,10H2. The molecule has 2 saturated heterocycles. The van der Waals surface area contributed by atoms with E-state index >= 15 is 0 Å². The van der Waals surface area contributed by atoms with Gasteiger partial charge >= 0.3 is 0 Å². The topological polar surface area (TPSA) is 50.1 Å². The summed E-state index contributed by atoms with van der Waals surface area (Å²) in [5, 5.41) is 2.03. The molecule has 6 nitrogen and oxygen atoms in total.